The van der Waals surface area contributed by atoms with E-state index in [9.17, 15) is 0 Å². The number of thiazole rings is 1. The highest BCUT2D eigenvalue weighted by Gasteiger charge is 2.09. The number of halogens is 1. The van der Waals surface area contributed by atoms with Gasteiger partial charge in [0, 0.05) is 0 Å². The van der Waals surface area contributed by atoms with E-state index in [1.54, 1.807) is 11.3 Å². The van der Waals surface area contributed by atoms with E-state index in [0.29, 0.717) is 0 Å². The maximum Gasteiger partial charge on any atom is 0.183 e. The molecule has 2 aromatic rings. The van der Waals surface area contributed by atoms with E-state index in [4.69, 9.17) is 0 Å². The molecule has 0 aliphatic heterocycles. The number of hydrogen-bond donors (Lipinski definition) is 0. The van der Waals surface area contributed by atoms with Crippen molar-refractivity contribution in [1.29, 1.82) is 0 Å². The quantitative estimate of drug-likeness (QED) is 0.793. The minimum absolute atomic E-state index is 0.810. The minimum atomic E-state index is 0.810. The van der Waals surface area contributed by atoms with Gasteiger partial charge < -0.3 is 0 Å². The lowest BCUT2D eigenvalue weighted by Crippen LogP contribution is -1.75. The first-order chi connectivity index (χ1) is 5.77. The molecule has 62 valence electrons. The fraction of sp³-hybridized carbons (Fsp3) is 0.167. The van der Waals surface area contributed by atoms with E-state index < -0.39 is 0 Å². The molecule has 0 aliphatic rings. The summed E-state index contributed by atoms with van der Waals surface area (Å²) in [7, 11) is 0. The van der Waals surface area contributed by atoms with Crippen LogP contribution in [-0.4, -0.2) is 15.2 Å². The predicted octanol–water partition coefficient (Wildman–Crippen LogP) is 2.73. The van der Waals surface area contributed by atoms with Gasteiger partial charge in [0.05, 0.1) is 16.1 Å². The molecule has 2 aromatic heterocycles. The van der Waals surface area contributed by atoms with E-state index in [-0.39, 0.29) is 0 Å². The summed E-state index contributed by atoms with van der Waals surface area (Å²) in [6, 6.07) is 0. The second kappa shape index (κ2) is 3.20. The zero-order chi connectivity index (χ0) is 8.55. The van der Waals surface area contributed by atoms with Crippen LogP contribution in [0.1, 0.15) is 5.69 Å². The molecule has 0 saturated heterocycles. The number of aryl methyl sites for hydroxylation is 1. The second-order valence-electron chi connectivity index (χ2n) is 2.13. The molecule has 3 nitrogen and oxygen atoms in total. The topological polar surface area (TPSA) is 38.7 Å². The van der Waals surface area contributed by atoms with Gasteiger partial charge >= 0.3 is 0 Å². The Morgan fingerprint density at radius 2 is 2.25 bits per heavy atom. The molecule has 6 heteroatoms. The van der Waals surface area contributed by atoms with Crippen LogP contribution in [0.15, 0.2) is 9.43 Å². The fourth-order valence-corrected chi connectivity index (χ4v) is 2.86. The van der Waals surface area contributed by atoms with Gasteiger partial charge in [-0.25, -0.2) is 4.98 Å². The lowest BCUT2D eigenvalue weighted by molar-refractivity contribution is 1.07. The first-order valence-electron chi connectivity index (χ1n) is 3.17. The highest BCUT2D eigenvalue weighted by molar-refractivity contribution is 9.11. The summed E-state index contributed by atoms with van der Waals surface area (Å²) >= 11 is 6.39. The molecule has 0 N–H and O–H groups in total. The molecule has 0 radical (unpaired) electrons. The van der Waals surface area contributed by atoms with E-state index in [2.05, 4.69) is 31.1 Å². The molecule has 2 rings (SSSR count). The first-order valence-corrected chi connectivity index (χ1v) is 5.66. The summed E-state index contributed by atoms with van der Waals surface area (Å²) in [5, 5.41) is 8.82. The van der Waals surface area contributed by atoms with Crippen molar-refractivity contribution >= 4 is 38.6 Å². The van der Waals surface area contributed by atoms with Gasteiger partial charge in [0.2, 0.25) is 0 Å². The lowest BCUT2D eigenvalue weighted by Gasteiger charge is -1.87. The minimum Gasteiger partial charge on any atom is -0.249 e. The molecule has 0 saturated carbocycles. The molecule has 0 unspecified atom stereocenters. The predicted molar refractivity (Wildman–Crippen MR) is 53.5 cm³/mol. The molecular weight excluding hydrogens is 258 g/mol. The van der Waals surface area contributed by atoms with Crippen molar-refractivity contribution in [3.05, 3.63) is 15.1 Å². The number of rotatable bonds is 1. The summed E-state index contributed by atoms with van der Waals surface area (Å²) in [5.74, 6) is 0. The van der Waals surface area contributed by atoms with Gasteiger partial charge in [-0.2, -0.15) is 0 Å². The molecule has 12 heavy (non-hydrogen) atoms. The molecule has 0 fully saturated rings. The summed E-state index contributed by atoms with van der Waals surface area (Å²) < 4.78 is 0.810. The highest BCUT2D eigenvalue weighted by atomic mass is 79.9. The van der Waals surface area contributed by atoms with Gasteiger partial charge in [-0.3, -0.25) is 0 Å². The van der Waals surface area contributed by atoms with E-state index >= 15 is 0 Å². The molecular formula is C6H4BrN3S2. The number of aromatic nitrogens is 3. The van der Waals surface area contributed by atoms with Crippen molar-refractivity contribution in [1.82, 2.24) is 15.2 Å². The van der Waals surface area contributed by atoms with E-state index in [1.165, 1.54) is 11.3 Å². The van der Waals surface area contributed by atoms with Crippen molar-refractivity contribution in [3.8, 4) is 9.88 Å². The van der Waals surface area contributed by atoms with Crippen molar-refractivity contribution in [2.75, 3.05) is 0 Å². The van der Waals surface area contributed by atoms with Crippen molar-refractivity contribution in [2.24, 2.45) is 0 Å². The van der Waals surface area contributed by atoms with Gasteiger partial charge in [0.25, 0.3) is 0 Å². The zero-order valence-corrected chi connectivity index (χ0v) is 9.33. The molecule has 2 heterocycles. The van der Waals surface area contributed by atoms with Crippen LogP contribution in [0, 0.1) is 6.92 Å². The molecule has 0 spiro atoms. The maximum atomic E-state index is 4.14. The van der Waals surface area contributed by atoms with Crippen molar-refractivity contribution in [2.45, 2.75) is 6.92 Å². The third-order valence-corrected chi connectivity index (χ3v) is 3.78. The summed E-state index contributed by atoms with van der Waals surface area (Å²) in [5.41, 5.74) is 2.84. The summed E-state index contributed by atoms with van der Waals surface area (Å²) in [4.78, 5) is 5.25. The third kappa shape index (κ3) is 1.41. The van der Waals surface area contributed by atoms with Gasteiger partial charge in [-0.1, -0.05) is 11.3 Å². The van der Waals surface area contributed by atoms with Crippen LogP contribution in [0.25, 0.3) is 9.88 Å². The Morgan fingerprint density at radius 3 is 2.75 bits per heavy atom. The Hall–Kier alpha value is -0.330. The third-order valence-electron chi connectivity index (χ3n) is 1.34. The summed E-state index contributed by atoms with van der Waals surface area (Å²) in [6.45, 7) is 1.97. The van der Waals surface area contributed by atoms with Gasteiger partial charge in [0.15, 0.2) is 8.92 Å². The zero-order valence-electron chi connectivity index (χ0n) is 6.11. The number of nitrogens with zero attached hydrogens (tertiary/aromatic N) is 3. The molecule has 0 aromatic carbocycles. The Bertz CT molecular complexity index is 395. The Balaban J connectivity index is 2.50. The monoisotopic (exact) mass is 261 g/mol. The van der Waals surface area contributed by atoms with Gasteiger partial charge in [-0.05, 0) is 22.9 Å². The molecule has 0 bridgehead atoms. The molecule has 0 aliphatic carbocycles. The largest absolute Gasteiger partial charge is 0.249 e. The van der Waals surface area contributed by atoms with Crippen LogP contribution >= 0.6 is 38.6 Å². The van der Waals surface area contributed by atoms with E-state index in [0.717, 1.165) is 19.5 Å². The maximum absolute atomic E-state index is 4.14. The smallest absolute Gasteiger partial charge is 0.183 e. The lowest BCUT2D eigenvalue weighted by atomic mass is 10.4. The molecule has 0 atom stereocenters. The summed E-state index contributed by atoms with van der Waals surface area (Å²) in [6.07, 6.45) is 0. The standard InChI is InChI=1S/C6H4BrN3S2/c1-3-4(11-2-8-3)5-9-10-6(7)12-5/h2H,1H3. The van der Waals surface area contributed by atoms with Gasteiger partial charge in [-0.15, -0.1) is 21.5 Å². The first kappa shape index (κ1) is 8.28. The van der Waals surface area contributed by atoms with Crippen molar-refractivity contribution < 1.29 is 0 Å². The van der Waals surface area contributed by atoms with E-state index in [1.807, 2.05) is 12.4 Å². The average molecular weight is 262 g/mol. The SMILES string of the molecule is Cc1ncsc1-c1nnc(Br)s1. The Kier molecular flexibility index (Phi) is 2.20. The fourth-order valence-electron chi connectivity index (χ4n) is 0.804. The Labute approximate surface area is 85.6 Å². The van der Waals surface area contributed by atoms with Crippen molar-refractivity contribution in [3.63, 3.8) is 0 Å². The van der Waals surface area contributed by atoms with Crippen LogP contribution in [0.5, 0.6) is 0 Å². The normalized spacial score (nSPS) is 10.5. The van der Waals surface area contributed by atoms with Crippen LogP contribution in [0.2, 0.25) is 0 Å². The van der Waals surface area contributed by atoms with Crippen LogP contribution in [0.4, 0.5) is 0 Å². The van der Waals surface area contributed by atoms with Crippen LogP contribution in [-0.2, 0) is 0 Å². The molecule has 0 amide bonds. The average Bonchev–Trinajstić information content (AvgIpc) is 2.58. The Morgan fingerprint density at radius 1 is 1.42 bits per heavy atom. The van der Waals surface area contributed by atoms with Crippen LogP contribution < -0.4 is 0 Å². The van der Waals surface area contributed by atoms with Crippen LogP contribution in [0.3, 0.4) is 0 Å². The highest BCUT2D eigenvalue weighted by Crippen LogP contribution is 2.31. The second-order valence-corrected chi connectivity index (χ2v) is 5.24. The van der Waals surface area contributed by atoms with Gasteiger partial charge in [0.1, 0.15) is 0 Å². The number of hydrogen-bond acceptors (Lipinski definition) is 5.